The molecule has 36 heavy (non-hydrogen) atoms. The van der Waals surface area contributed by atoms with Crippen molar-refractivity contribution in [2.24, 2.45) is 0 Å². The van der Waals surface area contributed by atoms with Crippen molar-refractivity contribution in [3.8, 4) is 11.3 Å². The Kier molecular flexibility index (Phi) is 6.85. The van der Waals surface area contributed by atoms with Gasteiger partial charge in [-0.05, 0) is 95.5 Å². The fourth-order valence-corrected chi connectivity index (χ4v) is 4.80. The van der Waals surface area contributed by atoms with E-state index in [1.165, 1.54) is 11.1 Å². The van der Waals surface area contributed by atoms with Crippen LogP contribution in [0.4, 0.5) is 0 Å². The molecule has 0 saturated carbocycles. The van der Waals surface area contributed by atoms with Crippen LogP contribution in [0.1, 0.15) is 63.0 Å². The summed E-state index contributed by atoms with van der Waals surface area (Å²) in [5.74, 6) is 0.00261. The molecule has 0 spiro atoms. The van der Waals surface area contributed by atoms with Gasteiger partial charge in [-0.1, -0.05) is 53.6 Å². The van der Waals surface area contributed by atoms with E-state index >= 15 is 0 Å². The lowest BCUT2D eigenvalue weighted by molar-refractivity contribution is -0.127. The molecular weight excluding hydrogens is 444 g/mol. The summed E-state index contributed by atoms with van der Waals surface area (Å²) in [5.41, 5.74) is 6.48. The fraction of sp³-hybridized carbons (Fsp3) is 0.344. The molecule has 0 fully saturated rings. The largest absolute Gasteiger partial charge is 0.387 e. The van der Waals surface area contributed by atoms with Gasteiger partial charge < -0.3 is 15.0 Å². The van der Waals surface area contributed by atoms with Gasteiger partial charge in [-0.2, -0.15) is 0 Å². The number of nitrogens with one attached hydrogen (secondary N) is 1. The zero-order valence-electron chi connectivity index (χ0n) is 22.5. The second kappa shape index (κ2) is 9.59. The van der Waals surface area contributed by atoms with E-state index < -0.39 is 11.5 Å². The number of fused-ring (bicyclic) bond motifs is 1. The second-order valence-corrected chi connectivity index (χ2v) is 11.5. The van der Waals surface area contributed by atoms with Crippen molar-refractivity contribution in [2.45, 2.75) is 72.1 Å². The lowest BCUT2D eigenvalue weighted by atomic mass is 9.82. The first-order valence-corrected chi connectivity index (χ1v) is 12.6. The van der Waals surface area contributed by atoms with E-state index in [2.05, 4.69) is 60.1 Å². The Hall–Kier alpha value is -3.37. The molecule has 0 bridgehead atoms. The zero-order chi connectivity index (χ0) is 26.3. The van der Waals surface area contributed by atoms with E-state index in [9.17, 15) is 9.90 Å². The maximum Gasteiger partial charge on any atom is 0.230 e. The summed E-state index contributed by atoms with van der Waals surface area (Å²) >= 11 is 0. The third kappa shape index (κ3) is 5.39. The number of nitrogens with zero attached hydrogens (tertiary/aromatic N) is 1. The Morgan fingerprint density at radius 2 is 1.53 bits per heavy atom. The SMILES string of the molecule is Cc1cc(C)cc(-c2cc3cc(C(C)(C)C(=O)NC(C)(C)C)ccc3n2CC(O)c2ccccc2)c1. The van der Waals surface area contributed by atoms with Gasteiger partial charge in [-0.15, -0.1) is 0 Å². The molecule has 0 saturated heterocycles. The quantitative estimate of drug-likeness (QED) is 0.316. The molecule has 0 aliphatic carbocycles. The van der Waals surface area contributed by atoms with Crippen molar-refractivity contribution >= 4 is 16.8 Å². The Bertz CT molecular complexity index is 1370. The molecule has 188 valence electrons. The molecule has 1 aromatic heterocycles. The Balaban J connectivity index is 1.83. The number of carbonyl (C=O) groups excluding carboxylic acids is 1. The van der Waals surface area contributed by atoms with Gasteiger partial charge in [0, 0.05) is 22.1 Å². The number of amides is 1. The summed E-state index contributed by atoms with van der Waals surface area (Å²) in [5, 5.41) is 15.3. The summed E-state index contributed by atoms with van der Waals surface area (Å²) in [6.07, 6.45) is -0.639. The molecule has 1 heterocycles. The van der Waals surface area contributed by atoms with Crippen molar-refractivity contribution in [3.63, 3.8) is 0 Å². The summed E-state index contributed by atoms with van der Waals surface area (Å²) in [6.45, 7) is 14.6. The highest BCUT2D eigenvalue weighted by molar-refractivity contribution is 5.92. The van der Waals surface area contributed by atoms with Crippen LogP contribution in [-0.4, -0.2) is 21.1 Å². The van der Waals surface area contributed by atoms with E-state index in [4.69, 9.17) is 0 Å². The Labute approximate surface area is 215 Å². The van der Waals surface area contributed by atoms with Crippen LogP contribution in [0.5, 0.6) is 0 Å². The maximum absolute atomic E-state index is 13.1. The highest BCUT2D eigenvalue weighted by Crippen LogP contribution is 2.34. The number of hydrogen-bond donors (Lipinski definition) is 2. The van der Waals surface area contributed by atoms with Crippen molar-refractivity contribution in [1.82, 2.24) is 9.88 Å². The predicted molar refractivity (Wildman–Crippen MR) is 149 cm³/mol. The zero-order valence-corrected chi connectivity index (χ0v) is 22.5. The number of aromatic nitrogens is 1. The minimum atomic E-state index is -0.687. The number of aliphatic hydroxyl groups excluding tert-OH is 1. The van der Waals surface area contributed by atoms with Crippen LogP contribution in [0.2, 0.25) is 0 Å². The van der Waals surface area contributed by atoms with Crippen LogP contribution in [0, 0.1) is 13.8 Å². The van der Waals surface area contributed by atoms with Crippen LogP contribution >= 0.6 is 0 Å². The number of hydrogen-bond acceptors (Lipinski definition) is 2. The van der Waals surface area contributed by atoms with E-state index in [1.807, 2.05) is 71.0 Å². The predicted octanol–water partition coefficient (Wildman–Crippen LogP) is 6.85. The Morgan fingerprint density at radius 3 is 2.14 bits per heavy atom. The van der Waals surface area contributed by atoms with Gasteiger partial charge in [0.2, 0.25) is 5.91 Å². The molecule has 0 radical (unpaired) electrons. The summed E-state index contributed by atoms with van der Waals surface area (Å²) in [7, 11) is 0. The molecule has 1 unspecified atom stereocenters. The molecule has 4 aromatic rings. The molecule has 1 atom stereocenters. The summed E-state index contributed by atoms with van der Waals surface area (Å²) in [6, 6.07) is 24.8. The lowest BCUT2D eigenvalue weighted by Gasteiger charge is -2.30. The normalized spacial score (nSPS) is 13.1. The third-order valence-electron chi connectivity index (χ3n) is 6.74. The lowest BCUT2D eigenvalue weighted by Crippen LogP contribution is -2.48. The highest BCUT2D eigenvalue weighted by atomic mass is 16.3. The average molecular weight is 483 g/mol. The van der Waals surface area contributed by atoms with Crippen LogP contribution in [-0.2, 0) is 16.8 Å². The Morgan fingerprint density at radius 1 is 0.889 bits per heavy atom. The van der Waals surface area contributed by atoms with Gasteiger partial charge in [0.25, 0.3) is 0 Å². The van der Waals surface area contributed by atoms with Crippen molar-refractivity contribution < 1.29 is 9.90 Å². The van der Waals surface area contributed by atoms with E-state index in [1.54, 1.807) is 0 Å². The number of carbonyl (C=O) groups is 1. The van der Waals surface area contributed by atoms with E-state index in [0.29, 0.717) is 6.54 Å². The van der Waals surface area contributed by atoms with Crippen molar-refractivity contribution in [3.05, 3.63) is 95.1 Å². The van der Waals surface area contributed by atoms with E-state index in [0.717, 1.165) is 33.3 Å². The van der Waals surface area contributed by atoms with Gasteiger partial charge in [0.15, 0.2) is 0 Å². The van der Waals surface area contributed by atoms with Crippen molar-refractivity contribution in [2.75, 3.05) is 0 Å². The number of benzene rings is 3. The third-order valence-corrected chi connectivity index (χ3v) is 6.74. The second-order valence-electron chi connectivity index (χ2n) is 11.5. The molecule has 4 nitrogen and oxygen atoms in total. The number of aryl methyl sites for hydroxylation is 2. The van der Waals surface area contributed by atoms with E-state index in [-0.39, 0.29) is 11.4 Å². The van der Waals surface area contributed by atoms with Crippen LogP contribution in [0.3, 0.4) is 0 Å². The fourth-order valence-electron chi connectivity index (χ4n) is 4.80. The van der Waals surface area contributed by atoms with Crippen molar-refractivity contribution in [1.29, 1.82) is 0 Å². The van der Waals surface area contributed by atoms with Gasteiger partial charge in [0.1, 0.15) is 0 Å². The first kappa shape index (κ1) is 25.7. The van der Waals surface area contributed by atoms with Crippen LogP contribution < -0.4 is 5.32 Å². The summed E-state index contributed by atoms with van der Waals surface area (Å²) < 4.78 is 2.20. The maximum atomic E-state index is 13.1. The topological polar surface area (TPSA) is 54.3 Å². The highest BCUT2D eigenvalue weighted by Gasteiger charge is 2.32. The van der Waals surface area contributed by atoms with Gasteiger partial charge >= 0.3 is 0 Å². The average Bonchev–Trinajstić information content (AvgIpc) is 3.15. The molecule has 3 aromatic carbocycles. The minimum absolute atomic E-state index is 0.00261. The van der Waals surface area contributed by atoms with Crippen LogP contribution in [0.25, 0.3) is 22.2 Å². The molecular formula is C32H38N2O2. The molecule has 0 aliphatic heterocycles. The molecule has 4 heteroatoms. The minimum Gasteiger partial charge on any atom is -0.387 e. The number of aliphatic hydroxyl groups is 1. The first-order chi connectivity index (χ1) is 16.8. The van der Waals surface area contributed by atoms with Crippen LogP contribution in [0.15, 0.2) is 72.8 Å². The first-order valence-electron chi connectivity index (χ1n) is 12.6. The number of rotatable bonds is 6. The molecule has 1 amide bonds. The molecule has 0 aliphatic rings. The van der Waals surface area contributed by atoms with Gasteiger partial charge in [-0.25, -0.2) is 0 Å². The standard InChI is InChI=1S/C32H38N2O2/c1-21-15-22(2)17-24(16-21)28-19-25-18-26(32(6,7)30(36)33-31(3,4)5)13-14-27(25)34(28)20-29(35)23-11-9-8-10-12-23/h8-19,29,35H,20H2,1-7H3,(H,33,36). The smallest absolute Gasteiger partial charge is 0.230 e. The summed E-state index contributed by atoms with van der Waals surface area (Å²) in [4.78, 5) is 13.1. The van der Waals surface area contributed by atoms with Gasteiger partial charge in [0.05, 0.1) is 18.1 Å². The van der Waals surface area contributed by atoms with Gasteiger partial charge in [-0.3, -0.25) is 4.79 Å². The monoisotopic (exact) mass is 482 g/mol. The molecule has 2 N–H and O–H groups in total. The molecule has 4 rings (SSSR count).